The van der Waals surface area contributed by atoms with Gasteiger partial charge in [-0.2, -0.15) is 0 Å². The van der Waals surface area contributed by atoms with Gasteiger partial charge in [0, 0.05) is 43.0 Å². The van der Waals surface area contributed by atoms with Gasteiger partial charge in [-0.25, -0.2) is 4.98 Å². The van der Waals surface area contributed by atoms with Crippen LogP contribution in [0.2, 0.25) is 10.0 Å². The van der Waals surface area contributed by atoms with Crippen LogP contribution >= 0.6 is 34.5 Å². The second kappa shape index (κ2) is 13.1. The molecule has 37 heavy (non-hydrogen) atoms. The summed E-state index contributed by atoms with van der Waals surface area (Å²) in [7, 11) is 0. The van der Waals surface area contributed by atoms with Crippen molar-refractivity contribution in [2.45, 2.75) is 46.1 Å². The lowest BCUT2D eigenvalue weighted by Crippen LogP contribution is -2.41. The normalized spacial score (nSPS) is 14.4. The van der Waals surface area contributed by atoms with Crippen molar-refractivity contribution >= 4 is 45.6 Å². The minimum atomic E-state index is 0.206. The molecule has 0 spiro atoms. The summed E-state index contributed by atoms with van der Waals surface area (Å²) in [5.74, 6) is 1.22. The highest BCUT2D eigenvalue weighted by Crippen LogP contribution is 2.37. The molecule has 1 amide bonds. The van der Waals surface area contributed by atoms with Gasteiger partial charge in [0.05, 0.1) is 15.7 Å². The number of nitrogens with zero attached hydrogens (tertiary/aromatic N) is 3. The smallest absolute Gasteiger partial charge is 0.224 e. The second-order valence-corrected chi connectivity index (χ2v) is 12.1. The van der Waals surface area contributed by atoms with Crippen LogP contribution in [0.3, 0.4) is 0 Å². The molecular weight excluding hydrogens is 523 g/mol. The summed E-state index contributed by atoms with van der Waals surface area (Å²) < 4.78 is 0. The zero-order valence-corrected chi connectivity index (χ0v) is 24.0. The Kier molecular flexibility index (Phi) is 9.88. The van der Waals surface area contributed by atoms with E-state index >= 15 is 0 Å². The van der Waals surface area contributed by atoms with Crippen LogP contribution in [0.25, 0.3) is 11.3 Å². The molecule has 0 aliphatic carbocycles. The Labute approximate surface area is 234 Å². The number of nitrogens with two attached hydrogens (primary N) is 1. The number of hydrogen-bond acceptors (Lipinski definition) is 5. The lowest BCUT2D eigenvalue weighted by molar-refractivity contribution is -0.132. The van der Waals surface area contributed by atoms with Crippen LogP contribution in [0.5, 0.6) is 0 Å². The first-order chi connectivity index (χ1) is 17.8. The maximum absolute atomic E-state index is 13.1. The number of halogens is 2. The molecule has 5 nitrogen and oxygen atoms in total. The minimum absolute atomic E-state index is 0.206. The molecule has 4 rings (SSSR count). The third kappa shape index (κ3) is 7.47. The standard InChI is InChI=1S/C29H36Cl2N4OS/c1-20(2)16-26-28(23-8-9-24(30)25(31)17-23)33-29(37-26)35(19-22-6-4-3-5-7-22)15-12-27(36)34-13-10-21(18-32)11-14-34/h3-9,17,20-21H,10-16,18-19,32H2,1-2H3. The van der Waals surface area contributed by atoms with Gasteiger partial charge < -0.3 is 15.5 Å². The van der Waals surface area contributed by atoms with Gasteiger partial charge >= 0.3 is 0 Å². The van der Waals surface area contributed by atoms with E-state index < -0.39 is 0 Å². The maximum atomic E-state index is 13.1. The largest absolute Gasteiger partial charge is 0.343 e. The van der Waals surface area contributed by atoms with Crippen molar-refractivity contribution < 1.29 is 4.79 Å². The number of carbonyl (C=O) groups is 1. The van der Waals surface area contributed by atoms with Crippen molar-refractivity contribution in [3.63, 3.8) is 0 Å². The molecule has 2 N–H and O–H groups in total. The van der Waals surface area contributed by atoms with Crippen molar-refractivity contribution in [3.8, 4) is 11.3 Å². The molecule has 2 aromatic carbocycles. The number of carbonyl (C=O) groups excluding carboxylic acids is 1. The number of anilines is 1. The molecule has 2 heterocycles. The molecule has 0 atom stereocenters. The molecule has 0 unspecified atom stereocenters. The van der Waals surface area contributed by atoms with Gasteiger partial charge in [0.15, 0.2) is 5.13 Å². The fraction of sp³-hybridized carbons (Fsp3) is 0.448. The average Bonchev–Trinajstić information content (AvgIpc) is 3.31. The Morgan fingerprint density at radius 2 is 1.86 bits per heavy atom. The van der Waals surface area contributed by atoms with Crippen LogP contribution in [-0.2, 0) is 17.8 Å². The van der Waals surface area contributed by atoms with Crippen LogP contribution in [0, 0.1) is 11.8 Å². The molecule has 1 aliphatic rings. The van der Waals surface area contributed by atoms with Crippen LogP contribution in [0.4, 0.5) is 5.13 Å². The highest BCUT2D eigenvalue weighted by molar-refractivity contribution is 7.16. The molecule has 1 fully saturated rings. The Hall–Kier alpha value is -2.12. The number of likely N-dealkylation sites (tertiary alicyclic amines) is 1. The maximum Gasteiger partial charge on any atom is 0.224 e. The molecule has 8 heteroatoms. The molecule has 0 saturated carbocycles. The van der Waals surface area contributed by atoms with Crippen molar-refractivity contribution in [2.24, 2.45) is 17.6 Å². The Morgan fingerprint density at radius 3 is 2.51 bits per heavy atom. The van der Waals surface area contributed by atoms with E-state index in [-0.39, 0.29) is 5.91 Å². The Morgan fingerprint density at radius 1 is 1.14 bits per heavy atom. The molecule has 0 radical (unpaired) electrons. The van der Waals surface area contributed by atoms with Crippen molar-refractivity contribution in [1.82, 2.24) is 9.88 Å². The summed E-state index contributed by atoms with van der Waals surface area (Å²) in [6, 6.07) is 16.1. The predicted octanol–water partition coefficient (Wildman–Crippen LogP) is 6.91. The highest BCUT2D eigenvalue weighted by atomic mass is 35.5. The van der Waals surface area contributed by atoms with Crippen LogP contribution < -0.4 is 10.6 Å². The van der Waals surface area contributed by atoms with E-state index in [1.165, 1.54) is 10.4 Å². The van der Waals surface area contributed by atoms with Crippen LogP contribution in [-0.4, -0.2) is 42.0 Å². The zero-order chi connectivity index (χ0) is 26.4. The van der Waals surface area contributed by atoms with Gasteiger partial charge in [0.2, 0.25) is 5.91 Å². The molecule has 198 valence electrons. The fourth-order valence-corrected chi connectivity index (χ4v) is 6.32. The van der Waals surface area contributed by atoms with Crippen LogP contribution in [0.1, 0.15) is 43.6 Å². The molecule has 1 aliphatic heterocycles. The summed E-state index contributed by atoms with van der Waals surface area (Å²) in [6.07, 6.45) is 3.37. The van der Waals surface area contributed by atoms with Gasteiger partial charge in [-0.15, -0.1) is 11.3 Å². The van der Waals surface area contributed by atoms with Gasteiger partial charge in [-0.1, -0.05) is 73.4 Å². The molecular formula is C29H36Cl2N4OS. The molecule has 1 saturated heterocycles. The van der Waals surface area contributed by atoms with Gasteiger partial charge in [0.25, 0.3) is 0 Å². The average molecular weight is 560 g/mol. The van der Waals surface area contributed by atoms with Gasteiger partial charge in [-0.05, 0) is 55.3 Å². The van der Waals surface area contributed by atoms with Crippen molar-refractivity contribution in [3.05, 3.63) is 69.0 Å². The number of amides is 1. The number of piperidine rings is 1. The van der Waals surface area contributed by atoms with E-state index in [2.05, 4.69) is 30.9 Å². The van der Waals surface area contributed by atoms with E-state index in [9.17, 15) is 4.79 Å². The number of rotatable bonds is 10. The summed E-state index contributed by atoms with van der Waals surface area (Å²) >= 11 is 14.3. The quantitative estimate of drug-likeness (QED) is 0.293. The first-order valence-electron chi connectivity index (χ1n) is 13.1. The molecule has 3 aromatic rings. The van der Waals surface area contributed by atoms with E-state index in [4.69, 9.17) is 33.9 Å². The summed E-state index contributed by atoms with van der Waals surface area (Å²) in [4.78, 5) is 23.7. The van der Waals surface area contributed by atoms with Crippen molar-refractivity contribution in [1.29, 1.82) is 0 Å². The molecule has 0 bridgehead atoms. The zero-order valence-electron chi connectivity index (χ0n) is 21.6. The third-order valence-corrected chi connectivity index (χ3v) is 8.73. The van der Waals surface area contributed by atoms with Gasteiger partial charge in [-0.3, -0.25) is 4.79 Å². The minimum Gasteiger partial charge on any atom is -0.343 e. The Balaban J connectivity index is 1.59. The first kappa shape index (κ1) is 27.9. The molecule has 1 aromatic heterocycles. The highest BCUT2D eigenvalue weighted by Gasteiger charge is 2.24. The third-order valence-electron chi connectivity index (χ3n) is 6.86. The summed E-state index contributed by atoms with van der Waals surface area (Å²) in [5.41, 5.74) is 8.93. The SMILES string of the molecule is CC(C)Cc1sc(N(CCC(=O)N2CCC(CN)CC2)Cc2ccccc2)nc1-c1ccc(Cl)c(Cl)c1. The lowest BCUT2D eigenvalue weighted by atomic mass is 9.97. The van der Waals surface area contributed by atoms with Gasteiger partial charge in [0.1, 0.15) is 0 Å². The van der Waals surface area contributed by atoms with Crippen LogP contribution in [0.15, 0.2) is 48.5 Å². The number of thiazole rings is 1. The fourth-order valence-electron chi connectivity index (χ4n) is 4.71. The topological polar surface area (TPSA) is 62.5 Å². The van der Waals surface area contributed by atoms with E-state index in [1.807, 2.05) is 41.3 Å². The monoisotopic (exact) mass is 558 g/mol. The number of aromatic nitrogens is 1. The van der Waals surface area contributed by atoms with E-state index in [0.717, 1.165) is 48.7 Å². The summed E-state index contributed by atoms with van der Waals surface area (Å²) in [6.45, 7) is 8.04. The lowest BCUT2D eigenvalue weighted by Gasteiger charge is -2.32. The first-order valence-corrected chi connectivity index (χ1v) is 14.6. The van der Waals surface area contributed by atoms with E-state index in [1.54, 1.807) is 11.3 Å². The summed E-state index contributed by atoms with van der Waals surface area (Å²) in [5, 5.41) is 1.98. The second-order valence-electron chi connectivity index (χ2n) is 10.2. The number of benzene rings is 2. The Bertz CT molecular complexity index is 1180. The van der Waals surface area contributed by atoms with E-state index in [0.29, 0.717) is 47.9 Å². The number of hydrogen-bond donors (Lipinski definition) is 1. The van der Waals surface area contributed by atoms with Crippen molar-refractivity contribution in [2.75, 3.05) is 31.1 Å². The predicted molar refractivity (Wildman–Crippen MR) is 157 cm³/mol.